The lowest BCUT2D eigenvalue weighted by atomic mass is 9.88. The van der Waals surface area contributed by atoms with Gasteiger partial charge in [-0.2, -0.15) is 18.3 Å². The second kappa shape index (κ2) is 9.27. The van der Waals surface area contributed by atoms with Crippen LogP contribution in [0.3, 0.4) is 0 Å². The first-order valence-corrected chi connectivity index (χ1v) is 13.3. The molecule has 1 unspecified atom stereocenters. The van der Waals surface area contributed by atoms with Crippen LogP contribution >= 0.6 is 38.6 Å². The van der Waals surface area contributed by atoms with Gasteiger partial charge in [-0.3, -0.25) is 4.79 Å². The highest BCUT2D eigenvalue weighted by Gasteiger charge is 2.37. The molecule has 4 aromatic rings. The Morgan fingerprint density at radius 1 is 1.33 bits per heavy atom. The van der Waals surface area contributed by atoms with Gasteiger partial charge in [-0.15, -0.1) is 22.7 Å². The standard InChI is InChI=1S/C23H18BrF3N4O3S2/c1-10-5-6-11-14(8-10)36-21(16(11)22(33)34-2)29-20(32)18-17(24)19-28-12(13-4-3-7-35-13)9-15(23(25,26)27)31(19)30-18/h3-4,7,9-10H,5-6,8H2,1-2H3,(H,29,32). The largest absolute Gasteiger partial charge is 0.465 e. The van der Waals surface area contributed by atoms with E-state index in [1.807, 2.05) is 0 Å². The maximum absolute atomic E-state index is 13.9. The summed E-state index contributed by atoms with van der Waals surface area (Å²) in [6.07, 6.45) is -2.40. The van der Waals surface area contributed by atoms with Gasteiger partial charge in [-0.1, -0.05) is 13.0 Å². The fourth-order valence-electron chi connectivity index (χ4n) is 4.21. The van der Waals surface area contributed by atoms with Gasteiger partial charge in [0, 0.05) is 4.88 Å². The van der Waals surface area contributed by atoms with E-state index in [0.717, 1.165) is 29.3 Å². The third-order valence-corrected chi connectivity index (χ3v) is 8.73. The summed E-state index contributed by atoms with van der Waals surface area (Å²) in [6, 6.07) is 4.28. The summed E-state index contributed by atoms with van der Waals surface area (Å²) >= 11 is 5.76. The summed E-state index contributed by atoms with van der Waals surface area (Å²) in [5.41, 5.74) is -0.253. The molecule has 0 saturated heterocycles. The van der Waals surface area contributed by atoms with E-state index in [0.29, 0.717) is 21.7 Å². The average molecular weight is 599 g/mol. The Labute approximate surface area is 219 Å². The van der Waals surface area contributed by atoms with Crippen molar-refractivity contribution in [2.45, 2.75) is 32.4 Å². The zero-order valence-electron chi connectivity index (χ0n) is 18.9. The first-order valence-electron chi connectivity index (χ1n) is 10.8. The predicted octanol–water partition coefficient (Wildman–Crippen LogP) is 6.46. The topological polar surface area (TPSA) is 85.6 Å². The smallest absolute Gasteiger partial charge is 0.433 e. The number of carbonyl (C=O) groups excluding carboxylic acids is 2. The second-order valence-electron chi connectivity index (χ2n) is 8.40. The Bertz CT molecular complexity index is 1490. The van der Waals surface area contributed by atoms with Crippen molar-refractivity contribution >= 4 is 61.1 Å². The molecule has 4 aromatic heterocycles. The fourth-order valence-corrected chi connectivity index (χ4v) is 6.80. The van der Waals surface area contributed by atoms with Crippen LogP contribution in [-0.2, 0) is 23.8 Å². The lowest BCUT2D eigenvalue weighted by molar-refractivity contribution is -0.142. The van der Waals surface area contributed by atoms with E-state index in [9.17, 15) is 22.8 Å². The Morgan fingerprint density at radius 3 is 2.78 bits per heavy atom. The van der Waals surface area contributed by atoms with E-state index in [1.165, 1.54) is 29.8 Å². The molecular weight excluding hydrogens is 581 g/mol. The molecule has 1 amide bonds. The van der Waals surface area contributed by atoms with Crippen LogP contribution in [0.1, 0.15) is 50.3 Å². The molecule has 0 fully saturated rings. The number of aromatic nitrogens is 3. The van der Waals surface area contributed by atoms with Crippen LogP contribution in [0.15, 0.2) is 28.1 Å². The van der Waals surface area contributed by atoms with Crippen molar-refractivity contribution in [2.24, 2.45) is 5.92 Å². The van der Waals surface area contributed by atoms with E-state index in [2.05, 4.69) is 38.3 Å². The summed E-state index contributed by atoms with van der Waals surface area (Å²) in [5.74, 6) is -0.912. The summed E-state index contributed by atoms with van der Waals surface area (Å²) in [5, 5.41) is 8.66. The van der Waals surface area contributed by atoms with Crippen molar-refractivity contribution in [3.8, 4) is 10.6 Å². The van der Waals surface area contributed by atoms with Crippen LogP contribution in [0, 0.1) is 5.92 Å². The molecule has 188 valence electrons. The highest BCUT2D eigenvalue weighted by Crippen LogP contribution is 2.41. The normalized spacial score (nSPS) is 15.7. The quantitative estimate of drug-likeness (QED) is 0.272. The van der Waals surface area contributed by atoms with Crippen molar-refractivity contribution in [1.82, 2.24) is 14.6 Å². The summed E-state index contributed by atoms with van der Waals surface area (Å²) < 4.78 is 47.3. The highest BCUT2D eigenvalue weighted by atomic mass is 79.9. The van der Waals surface area contributed by atoms with Crippen LogP contribution < -0.4 is 5.32 Å². The number of rotatable bonds is 4. The maximum atomic E-state index is 13.9. The molecule has 0 aliphatic heterocycles. The molecule has 0 bridgehead atoms. The molecule has 5 rings (SSSR count). The number of nitrogens with zero attached hydrogens (tertiary/aromatic N) is 3. The number of alkyl halides is 3. The lowest BCUT2D eigenvalue weighted by Gasteiger charge is -2.18. The third kappa shape index (κ3) is 4.33. The molecule has 1 atom stereocenters. The third-order valence-electron chi connectivity index (χ3n) is 5.94. The Balaban J connectivity index is 1.59. The molecule has 36 heavy (non-hydrogen) atoms. The minimum Gasteiger partial charge on any atom is -0.465 e. The summed E-state index contributed by atoms with van der Waals surface area (Å²) in [6.45, 7) is 2.11. The molecular formula is C23H18BrF3N4O3S2. The van der Waals surface area contributed by atoms with Crippen LogP contribution in [0.5, 0.6) is 0 Å². The van der Waals surface area contributed by atoms with Crippen molar-refractivity contribution < 1.29 is 27.5 Å². The Kier molecular flexibility index (Phi) is 6.41. The predicted molar refractivity (Wildman–Crippen MR) is 134 cm³/mol. The van der Waals surface area contributed by atoms with Crippen molar-refractivity contribution in [2.75, 3.05) is 12.4 Å². The second-order valence-corrected chi connectivity index (χ2v) is 11.2. The number of thiophene rings is 2. The molecule has 13 heteroatoms. The number of nitrogens with one attached hydrogen (secondary N) is 1. The number of esters is 1. The van der Waals surface area contributed by atoms with Gasteiger partial charge >= 0.3 is 12.1 Å². The van der Waals surface area contributed by atoms with Gasteiger partial charge in [0.1, 0.15) is 5.00 Å². The molecule has 7 nitrogen and oxygen atoms in total. The molecule has 0 saturated carbocycles. The maximum Gasteiger partial charge on any atom is 0.433 e. The van der Waals surface area contributed by atoms with Crippen LogP contribution in [0.2, 0.25) is 0 Å². The van der Waals surface area contributed by atoms with Gasteiger partial charge in [0.2, 0.25) is 0 Å². The van der Waals surface area contributed by atoms with Crippen LogP contribution in [-0.4, -0.2) is 33.6 Å². The highest BCUT2D eigenvalue weighted by molar-refractivity contribution is 9.10. The van der Waals surface area contributed by atoms with Gasteiger partial charge in [0.25, 0.3) is 5.91 Å². The molecule has 0 spiro atoms. The number of ether oxygens (including phenoxy) is 1. The first-order chi connectivity index (χ1) is 17.1. The monoisotopic (exact) mass is 598 g/mol. The van der Waals surface area contributed by atoms with Gasteiger partial charge in [0.05, 0.1) is 27.7 Å². The summed E-state index contributed by atoms with van der Waals surface area (Å²) in [4.78, 5) is 31.7. The molecule has 1 aliphatic carbocycles. The van der Waals surface area contributed by atoms with Crippen LogP contribution in [0.25, 0.3) is 16.2 Å². The van der Waals surface area contributed by atoms with Gasteiger partial charge in [-0.05, 0) is 64.2 Å². The van der Waals surface area contributed by atoms with Gasteiger partial charge in [-0.25, -0.2) is 14.3 Å². The number of fused-ring (bicyclic) bond motifs is 2. The SMILES string of the molecule is COC(=O)c1c(NC(=O)c2nn3c(C(F)(F)F)cc(-c4cccs4)nc3c2Br)sc2c1CCC(C)C2. The number of carbonyl (C=O) groups is 2. The van der Waals surface area contributed by atoms with E-state index >= 15 is 0 Å². The van der Waals surface area contributed by atoms with E-state index in [1.54, 1.807) is 17.5 Å². The molecule has 1 aliphatic rings. The average Bonchev–Trinajstić information content (AvgIpc) is 3.55. The fraction of sp³-hybridized carbons (Fsp3) is 0.304. The first kappa shape index (κ1) is 24.9. The number of hydrogen-bond donors (Lipinski definition) is 1. The number of methoxy groups -OCH3 is 1. The van der Waals surface area contributed by atoms with Crippen molar-refractivity contribution in [3.63, 3.8) is 0 Å². The number of anilines is 1. The Morgan fingerprint density at radius 2 is 2.11 bits per heavy atom. The molecule has 4 heterocycles. The van der Waals surface area contributed by atoms with Gasteiger partial charge in [0.15, 0.2) is 17.0 Å². The molecule has 0 aromatic carbocycles. The Hall–Kier alpha value is -2.77. The van der Waals surface area contributed by atoms with Gasteiger partial charge < -0.3 is 10.1 Å². The number of halogens is 4. The minimum absolute atomic E-state index is 0.0125. The van der Waals surface area contributed by atoms with E-state index < -0.39 is 23.7 Å². The minimum atomic E-state index is -4.74. The molecule has 0 radical (unpaired) electrons. The zero-order chi connectivity index (χ0) is 25.8. The lowest BCUT2D eigenvalue weighted by Crippen LogP contribution is -2.17. The van der Waals surface area contributed by atoms with E-state index in [4.69, 9.17) is 4.74 Å². The van der Waals surface area contributed by atoms with Crippen LogP contribution in [0.4, 0.5) is 18.2 Å². The van der Waals surface area contributed by atoms with Crippen molar-refractivity contribution in [1.29, 1.82) is 0 Å². The number of amides is 1. The zero-order valence-corrected chi connectivity index (χ0v) is 22.1. The van der Waals surface area contributed by atoms with Crippen molar-refractivity contribution in [3.05, 3.63) is 55.4 Å². The molecule has 1 N–H and O–H groups in total. The van der Waals surface area contributed by atoms with E-state index in [-0.39, 0.29) is 32.1 Å². The summed E-state index contributed by atoms with van der Waals surface area (Å²) in [7, 11) is 1.26. The number of hydrogen-bond acceptors (Lipinski definition) is 7.